The Bertz CT molecular complexity index is 1110. The molecule has 1 aliphatic carbocycles. The van der Waals surface area contributed by atoms with Gasteiger partial charge in [-0.2, -0.15) is 0 Å². The van der Waals surface area contributed by atoms with E-state index in [1.54, 1.807) is 12.1 Å². The highest BCUT2D eigenvalue weighted by atomic mass is 32.2. The Labute approximate surface area is 218 Å². The van der Waals surface area contributed by atoms with E-state index in [2.05, 4.69) is 20.8 Å². The van der Waals surface area contributed by atoms with E-state index in [1.165, 1.54) is 11.8 Å². The Balaban J connectivity index is 1.59. The van der Waals surface area contributed by atoms with Gasteiger partial charge in [-0.05, 0) is 84.4 Å². The molecule has 194 valence electrons. The molecule has 5 nitrogen and oxygen atoms in total. The molecule has 1 aliphatic heterocycles. The van der Waals surface area contributed by atoms with Crippen LogP contribution in [0.15, 0.2) is 41.3 Å². The third kappa shape index (κ3) is 5.65. The Morgan fingerprint density at radius 1 is 1.11 bits per heavy atom. The number of Topliss-reactive ketones (excluding diaryl/α,β-unsaturated/α-hetero) is 1. The number of esters is 1. The summed E-state index contributed by atoms with van der Waals surface area (Å²) in [7, 11) is 0. The second-order valence-corrected chi connectivity index (χ2v) is 12.6. The SMILES string of the molecule is Cc1cc(SC2C(=O)C[C@](CCc3cccc(O)c3)(C3CCCC3)OC2=O)c(C(C)(C)C)cc1CO. The van der Waals surface area contributed by atoms with Crippen molar-refractivity contribution in [2.75, 3.05) is 0 Å². The highest BCUT2D eigenvalue weighted by Gasteiger charge is 2.52. The first-order chi connectivity index (χ1) is 17.0. The average Bonchev–Trinajstić information content (AvgIpc) is 3.35. The van der Waals surface area contributed by atoms with Gasteiger partial charge in [-0.25, -0.2) is 0 Å². The fourth-order valence-corrected chi connectivity index (χ4v) is 7.07. The lowest BCUT2D eigenvalue weighted by atomic mass is 9.76. The minimum atomic E-state index is -0.888. The molecule has 1 saturated heterocycles. The van der Waals surface area contributed by atoms with Crippen LogP contribution < -0.4 is 0 Å². The normalized spacial score (nSPS) is 23.2. The largest absolute Gasteiger partial charge is 0.508 e. The molecule has 36 heavy (non-hydrogen) atoms. The standard InChI is InChI=1S/C30H38O5S/c1-19-14-26(24(29(2,3)4)16-21(19)18-31)36-27-25(33)17-30(35-28(27)34,22-9-5-6-10-22)13-12-20-8-7-11-23(32)15-20/h7-8,11,14-16,22,27,31-32H,5-6,9-10,12-13,17-18H2,1-4H3/t27?,30-/m1/s1. The van der Waals surface area contributed by atoms with E-state index in [-0.39, 0.29) is 35.9 Å². The molecule has 2 fully saturated rings. The molecule has 6 heteroatoms. The number of aromatic hydroxyl groups is 1. The molecule has 2 aromatic rings. The van der Waals surface area contributed by atoms with Gasteiger partial charge in [0.2, 0.25) is 0 Å². The molecule has 2 aliphatic rings. The van der Waals surface area contributed by atoms with Crippen molar-refractivity contribution in [2.45, 2.75) is 100 Å². The number of cyclic esters (lactones) is 1. The molecule has 0 spiro atoms. The third-order valence-corrected chi connectivity index (χ3v) is 9.07. The smallest absolute Gasteiger partial charge is 0.327 e. The summed E-state index contributed by atoms with van der Waals surface area (Å²) in [5.74, 6) is -0.108. The first-order valence-electron chi connectivity index (χ1n) is 13.0. The summed E-state index contributed by atoms with van der Waals surface area (Å²) >= 11 is 1.29. The van der Waals surface area contributed by atoms with Crippen LogP contribution in [-0.4, -0.2) is 32.8 Å². The Morgan fingerprint density at radius 3 is 2.44 bits per heavy atom. The van der Waals surface area contributed by atoms with Gasteiger partial charge in [0.15, 0.2) is 11.0 Å². The zero-order valence-corrected chi connectivity index (χ0v) is 22.6. The number of thioether (sulfide) groups is 1. The van der Waals surface area contributed by atoms with Crippen molar-refractivity contribution < 1.29 is 24.5 Å². The number of benzene rings is 2. The first kappa shape index (κ1) is 26.7. The molecule has 1 saturated carbocycles. The van der Waals surface area contributed by atoms with Crippen LogP contribution in [0.2, 0.25) is 0 Å². The van der Waals surface area contributed by atoms with Crippen molar-refractivity contribution in [3.05, 3.63) is 58.7 Å². The molecule has 1 heterocycles. The number of carbonyl (C=O) groups excluding carboxylic acids is 2. The molecule has 4 rings (SSSR count). The van der Waals surface area contributed by atoms with Crippen LogP contribution in [0.3, 0.4) is 0 Å². The summed E-state index contributed by atoms with van der Waals surface area (Å²) in [6, 6.07) is 11.1. The Hall–Kier alpha value is -2.31. The number of hydrogen-bond acceptors (Lipinski definition) is 6. The second kappa shape index (κ2) is 10.6. The van der Waals surface area contributed by atoms with Gasteiger partial charge in [-0.3, -0.25) is 9.59 Å². The molecular formula is C30H38O5S. The van der Waals surface area contributed by atoms with Gasteiger partial charge in [0.25, 0.3) is 0 Å². The summed E-state index contributed by atoms with van der Waals surface area (Å²) in [6.45, 7) is 8.17. The lowest BCUT2D eigenvalue weighted by Gasteiger charge is -2.43. The number of ether oxygens (including phenoxy) is 1. The van der Waals surface area contributed by atoms with Crippen LogP contribution in [0.1, 0.15) is 81.5 Å². The maximum Gasteiger partial charge on any atom is 0.327 e. The van der Waals surface area contributed by atoms with Gasteiger partial charge in [-0.15, -0.1) is 11.8 Å². The maximum absolute atomic E-state index is 13.6. The summed E-state index contributed by atoms with van der Waals surface area (Å²) in [6.07, 6.45) is 5.57. The molecule has 0 amide bonds. The number of aliphatic hydroxyl groups excluding tert-OH is 1. The number of phenolic OH excluding ortho intramolecular Hbond substituents is 1. The van der Waals surface area contributed by atoms with E-state index in [0.717, 1.165) is 52.8 Å². The van der Waals surface area contributed by atoms with Crippen molar-refractivity contribution in [3.8, 4) is 5.75 Å². The number of ketones is 1. The van der Waals surface area contributed by atoms with Crippen LogP contribution in [-0.2, 0) is 32.8 Å². The molecular weight excluding hydrogens is 472 g/mol. The quantitative estimate of drug-likeness (QED) is 0.350. The lowest BCUT2D eigenvalue weighted by Crippen LogP contribution is -2.53. The van der Waals surface area contributed by atoms with Gasteiger partial charge >= 0.3 is 5.97 Å². The van der Waals surface area contributed by atoms with E-state index in [0.29, 0.717) is 12.8 Å². The van der Waals surface area contributed by atoms with Crippen LogP contribution in [0.4, 0.5) is 0 Å². The third-order valence-electron chi connectivity index (χ3n) is 7.79. The Kier molecular flexibility index (Phi) is 7.86. The molecule has 0 radical (unpaired) electrons. The number of aryl methyl sites for hydroxylation is 2. The van der Waals surface area contributed by atoms with Gasteiger partial charge in [0.05, 0.1) is 6.61 Å². The van der Waals surface area contributed by atoms with E-state index in [9.17, 15) is 19.8 Å². The number of carbonyl (C=O) groups is 2. The van der Waals surface area contributed by atoms with Crippen LogP contribution in [0.25, 0.3) is 0 Å². The van der Waals surface area contributed by atoms with Gasteiger partial charge in [0, 0.05) is 11.3 Å². The van der Waals surface area contributed by atoms with Crippen LogP contribution in [0.5, 0.6) is 5.75 Å². The minimum absolute atomic E-state index is 0.0483. The average molecular weight is 511 g/mol. The monoisotopic (exact) mass is 510 g/mol. The Morgan fingerprint density at radius 2 is 1.83 bits per heavy atom. The first-order valence-corrected chi connectivity index (χ1v) is 13.9. The van der Waals surface area contributed by atoms with Crippen molar-refractivity contribution in [1.82, 2.24) is 0 Å². The van der Waals surface area contributed by atoms with Crippen molar-refractivity contribution in [3.63, 3.8) is 0 Å². The van der Waals surface area contributed by atoms with Crippen LogP contribution in [0, 0.1) is 12.8 Å². The minimum Gasteiger partial charge on any atom is -0.508 e. The molecule has 0 bridgehead atoms. The van der Waals surface area contributed by atoms with Crippen LogP contribution >= 0.6 is 11.8 Å². The number of aliphatic hydroxyl groups is 1. The van der Waals surface area contributed by atoms with Crippen molar-refractivity contribution >= 4 is 23.5 Å². The highest BCUT2D eigenvalue weighted by molar-refractivity contribution is 8.01. The van der Waals surface area contributed by atoms with Gasteiger partial charge in [-0.1, -0.05) is 51.8 Å². The van der Waals surface area contributed by atoms with Gasteiger partial charge < -0.3 is 14.9 Å². The number of hydrogen-bond donors (Lipinski definition) is 2. The van der Waals surface area contributed by atoms with Crippen molar-refractivity contribution in [1.29, 1.82) is 0 Å². The molecule has 2 aromatic carbocycles. The predicted octanol–water partition coefficient (Wildman–Crippen LogP) is 6.03. The fraction of sp³-hybridized carbons (Fsp3) is 0.533. The van der Waals surface area contributed by atoms with Gasteiger partial charge in [0.1, 0.15) is 11.4 Å². The summed E-state index contributed by atoms with van der Waals surface area (Å²) in [4.78, 5) is 28.0. The summed E-state index contributed by atoms with van der Waals surface area (Å²) in [5.41, 5.74) is 2.79. The molecule has 0 aromatic heterocycles. The van der Waals surface area contributed by atoms with E-state index in [1.807, 2.05) is 31.2 Å². The van der Waals surface area contributed by atoms with E-state index in [4.69, 9.17) is 4.74 Å². The summed E-state index contributed by atoms with van der Waals surface area (Å²) < 4.78 is 6.28. The number of rotatable bonds is 7. The second-order valence-electron chi connectivity index (χ2n) is 11.5. The molecule has 1 unspecified atom stereocenters. The zero-order valence-electron chi connectivity index (χ0n) is 21.8. The lowest BCUT2D eigenvalue weighted by molar-refractivity contribution is -0.177. The maximum atomic E-state index is 13.6. The fourth-order valence-electron chi connectivity index (χ4n) is 5.72. The summed E-state index contributed by atoms with van der Waals surface area (Å²) in [5, 5.41) is 18.7. The number of phenols is 1. The molecule has 2 atom stereocenters. The molecule has 2 N–H and O–H groups in total. The zero-order chi connectivity index (χ0) is 26.1. The van der Waals surface area contributed by atoms with E-state index < -0.39 is 16.8 Å². The highest BCUT2D eigenvalue weighted by Crippen LogP contribution is 2.47. The van der Waals surface area contributed by atoms with Crippen molar-refractivity contribution in [2.24, 2.45) is 5.92 Å². The topological polar surface area (TPSA) is 83.8 Å². The van der Waals surface area contributed by atoms with E-state index >= 15 is 0 Å². The predicted molar refractivity (Wildman–Crippen MR) is 142 cm³/mol.